The average Bonchev–Trinajstić information content (AvgIpc) is 4.18. The molecule has 412 valence electrons. The number of sulfonamides is 1. The second kappa shape index (κ2) is 21.8. The van der Waals surface area contributed by atoms with Gasteiger partial charge in [0.25, 0.3) is 21.8 Å². The molecule has 11 rings (SSSR count). The molecule has 17 nitrogen and oxygen atoms in total. The molecule has 4 aliphatic rings. The van der Waals surface area contributed by atoms with E-state index in [-0.39, 0.29) is 72.5 Å². The van der Waals surface area contributed by atoms with Crippen molar-refractivity contribution in [1.29, 1.82) is 0 Å². The Morgan fingerprint density at radius 2 is 1.73 bits per heavy atom. The molecule has 1 amide bonds. The number of H-pyrrole nitrogens is 2. The third kappa shape index (κ3) is 10.6. The average molecular weight is 1090 g/mol. The minimum Gasteiger partial charge on any atom is -0.629 e. The van der Waals surface area contributed by atoms with Crippen LogP contribution in [0.2, 0.25) is 0 Å². The van der Waals surface area contributed by atoms with Gasteiger partial charge in [-0.2, -0.15) is 4.98 Å². The summed E-state index contributed by atoms with van der Waals surface area (Å²) in [6, 6.07) is 20.9. The Morgan fingerprint density at radius 3 is 2.47 bits per heavy atom. The van der Waals surface area contributed by atoms with Crippen LogP contribution in [0.3, 0.4) is 0 Å². The highest BCUT2D eigenvalue weighted by atomic mass is 32.2. The van der Waals surface area contributed by atoms with Crippen molar-refractivity contribution in [3.8, 4) is 17.4 Å². The molecule has 6 heterocycles. The van der Waals surface area contributed by atoms with Gasteiger partial charge >= 0.3 is 0 Å². The fourth-order valence-corrected chi connectivity index (χ4v) is 13.4. The molecular formula is C57H65F3N10O7S. The van der Waals surface area contributed by atoms with Crippen molar-refractivity contribution < 1.29 is 45.7 Å². The smallest absolute Gasteiger partial charge is 0.268 e. The number of pyridine rings is 1. The number of halogens is 3. The third-order valence-electron chi connectivity index (χ3n) is 16.5. The minimum atomic E-state index is -4.70. The molecule has 5 N–H and O–H groups in total. The number of aromatic amines is 2. The number of carbonyl (C=O) groups excluding carboxylic acids is 1. The summed E-state index contributed by atoms with van der Waals surface area (Å²) in [6.45, 7) is 10.6. The molecule has 1 aliphatic carbocycles. The third-order valence-corrected chi connectivity index (χ3v) is 17.9. The van der Waals surface area contributed by atoms with Gasteiger partial charge in [0.05, 0.1) is 37.0 Å². The second-order valence-electron chi connectivity index (χ2n) is 21.7. The maximum absolute atomic E-state index is 15.0. The molecule has 4 fully saturated rings. The first kappa shape index (κ1) is 53.3. The van der Waals surface area contributed by atoms with Crippen molar-refractivity contribution in [3.05, 3.63) is 130 Å². The van der Waals surface area contributed by atoms with E-state index in [2.05, 4.69) is 82.8 Å². The minimum absolute atomic E-state index is 0.00370. The Morgan fingerprint density at radius 1 is 0.949 bits per heavy atom. The monoisotopic (exact) mass is 1090 g/mol. The Kier molecular flexibility index (Phi) is 14.9. The maximum Gasteiger partial charge on any atom is 0.268 e. The maximum atomic E-state index is 15.0. The molecule has 1 spiro atoms. The quantitative estimate of drug-likeness (QED) is 0.0577. The molecule has 3 saturated heterocycles. The Bertz CT molecular complexity index is 3460. The van der Waals surface area contributed by atoms with Crippen LogP contribution >= 0.6 is 0 Å². The van der Waals surface area contributed by atoms with Gasteiger partial charge in [0, 0.05) is 101 Å². The van der Waals surface area contributed by atoms with Gasteiger partial charge in [-0.25, -0.2) is 31.3 Å². The molecule has 3 aromatic heterocycles. The summed E-state index contributed by atoms with van der Waals surface area (Å²) in [7, 11) is -1.97. The van der Waals surface area contributed by atoms with Gasteiger partial charge in [-0.05, 0) is 96.7 Å². The zero-order chi connectivity index (χ0) is 54.5. The number of imidazole rings is 1. The zero-order valence-electron chi connectivity index (χ0n) is 44.1. The van der Waals surface area contributed by atoms with E-state index < -0.39 is 33.4 Å². The SMILES string of the molecule is COc1nc2[nH]cc(F)c2cc1Oc1cc(N2CCC3(CC2)CC(N2CCN(Cc4ccc(F)c(F)c4)C[C@H]2c2ccccc2C(C)C)C3)ccc1C(=O)NS(=O)(=O)c1cc([NH+](C)[O-])c(NCC2CCOCC2)c2[nH]cnc12. The van der Waals surface area contributed by atoms with Crippen molar-refractivity contribution in [1.82, 2.24) is 34.5 Å². The van der Waals surface area contributed by atoms with Crippen molar-refractivity contribution >= 4 is 55.1 Å². The second-order valence-corrected chi connectivity index (χ2v) is 23.4. The topological polar surface area (TPSA) is 198 Å². The van der Waals surface area contributed by atoms with E-state index in [1.807, 2.05) is 0 Å². The number of nitrogens with zero attached hydrogens (tertiary/aromatic N) is 5. The van der Waals surface area contributed by atoms with Crippen LogP contribution in [0.25, 0.3) is 22.1 Å². The molecule has 0 bridgehead atoms. The number of hydrogen-bond donors (Lipinski definition) is 5. The largest absolute Gasteiger partial charge is 0.629 e. The van der Waals surface area contributed by atoms with E-state index in [1.165, 1.54) is 61.9 Å². The molecular weight excluding hydrogens is 1030 g/mol. The molecule has 21 heteroatoms. The lowest BCUT2D eigenvalue weighted by Gasteiger charge is -2.58. The van der Waals surface area contributed by atoms with Crippen LogP contribution in [-0.4, -0.2) is 117 Å². The Balaban J connectivity index is 0.833. The van der Waals surface area contributed by atoms with E-state index in [1.54, 1.807) is 18.2 Å². The van der Waals surface area contributed by atoms with E-state index >= 15 is 0 Å². The van der Waals surface area contributed by atoms with E-state index in [4.69, 9.17) is 14.2 Å². The fourth-order valence-electron chi connectivity index (χ4n) is 12.2. The van der Waals surface area contributed by atoms with Crippen LogP contribution in [-0.2, 0) is 21.3 Å². The van der Waals surface area contributed by atoms with Gasteiger partial charge < -0.3 is 44.7 Å². The van der Waals surface area contributed by atoms with Crippen molar-refractivity contribution in [3.63, 3.8) is 0 Å². The summed E-state index contributed by atoms with van der Waals surface area (Å²) in [4.78, 5) is 35.9. The normalized spacial score (nSPS) is 19.1. The Hall–Kier alpha value is -6.75. The number of amides is 1. The van der Waals surface area contributed by atoms with Gasteiger partial charge in [0.2, 0.25) is 0 Å². The molecule has 7 aromatic rings. The number of benzene rings is 4. The van der Waals surface area contributed by atoms with Gasteiger partial charge in [0.1, 0.15) is 33.3 Å². The van der Waals surface area contributed by atoms with Gasteiger partial charge in [-0.15, -0.1) is 0 Å². The number of fused-ring (bicyclic) bond motifs is 2. The predicted molar refractivity (Wildman–Crippen MR) is 290 cm³/mol. The summed E-state index contributed by atoms with van der Waals surface area (Å²) < 4.78 is 91.7. The standard InChI is InChI=1S/C57H65F3N10O7S/c1-34(2)39-7-5-6-8-40(39)47-32-68(31-36-9-12-43(58)44(59)23-36)19-20-70(47)38-27-57(28-38)15-17-69(18-16-57)37-10-11-41(48(24-37)77-49-25-42-45(60)30-62-54(42)65-56(49)75-4)55(71)66-78(73,74)50-26-46(67(3)72)51(53-52(50)63-33-64-53)61-29-35-13-21-76-22-14-35/h5-12,23-26,30,33-35,38,47,61,67H,13-22,27-29,31-32H2,1-4H3,(H,62,65)(H,63,64)(H,66,71)/t47-/m0/s1. The summed E-state index contributed by atoms with van der Waals surface area (Å²) in [5, 5.41) is 16.3. The number of aromatic nitrogens is 4. The zero-order valence-corrected chi connectivity index (χ0v) is 45.0. The molecule has 0 radical (unpaired) electrons. The van der Waals surface area contributed by atoms with E-state index in [0.29, 0.717) is 62.6 Å². The number of nitrogens with one attached hydrogen (secondary N) is 5. The number of hydroxylamine groups is 1. The number of rotatable bonds is 16. The molecule has 1 saturated carbocycles. The molecule has 1 unspecified atom stereocenters. The van der Waals surface area contributed by atoms with Gasteiger partial charge in [0.15, 0.2) is 23.1 Å². The summed E-state index contributed by atoms with van der Waals surface area (Å²) >= 11 is 0. The highest BCUT2D eigenvalue weighted by molar-refractivity contribution is 7.90. The van der Waals surface area contributed by atoms with Crippen LogP contribution in [0.5, 0.6) is 17.4 Å². The number of piperazine rings is 1. The Labute approximate surface area is 451 Å². The lowest BCUT2D eigenvalue weighted by atomic mass is 9.59. The number of carbonyl (C=O) groups is 1. The van der Waals surface area contributed by atoms with Crippen LogP contribution in [0.1, 0.15) is 91.4 Å². The number of anilines is 2. The van der Waals surface area contributed by atoms with Crippen LogP contribution in [0, 0.1) is 34.0 Å². The van der Waals surface area contributed by atoms with Crippen LogP contribution < -0.4 is 29.5 Å². The first-order valence-corrected chi connectivity index (χ1v) is 28.2. The van der Waals surface area contributed by atoms with Gasteiger partial charge in [-0.1, -0.05) is 44.2 Å². The lowest BCUT2D eigenvalue weighted by Crippen LogP contribution is -2.98. The van der Waals surface area contributed by atoms with Crippen LogP contribution in [0.4, 0.5) is 30.2 Å². The van der Waals surface area contributed by atoms with Crippen molar-refractivity contribution in [2.45, 2.75) is 81.8 Å². The molecule has 4 aromatic carbocycles. The van der Waals surface area contributed by atoms with E-state index in [0.717, 1.165) is 75.6 Å². The highest BCUT2D eigenvalue weighted by Gasteiger charge is 2.50. The van der Waals surface area contributed by atoms with Crippen LogP contribution in [0.15, 0.2) is 90.2 Å². The highest BCUT2D eigenvalue weighted by Crippen LogP contribution is 2.53. The number of quaternary nitrogens is 1. The first-order chi connectivity index (χ1) is 37.6. The van der Waals surface area contributed by atoms with E-state index in [9.17, 15) is 31.6 Å². The number of piperidine rings is 1. The summed E-state index contributed by atoms with van der Waals surface area (Å²) in [6.07, 6.45) is 8.07. The van der Waals surface area contributed by atoms with Crippen molar-refractivity contribution in [2.75, 3.05) is 76.9 Å². The first-order valence-electron chi connectivity index (χ1n) is 26.8. The summed E-state index contributed by atoms with van der Waals surface area (Å²) in [5.74, 6) is -2.73. The summed E-state index contributed by atoms with van der Waals surface area (Å²) in [5.41, 5.74) is 5.15. The number of methoxy groups -OCH3 is 1. The molecule has 78 heavy (non-hydrogen) atoms. The fraction of sp³-hybridized carbons (Fsp3) is 0.421. The number of hydrogen-bond acceptors (Lipinski definition) is 13. The molecule has 3 aliphatic heterocycles. The predicted octanol–water partition coefficient (Wildman–Crippen LogP) is 8.69. The molecule has 2 atom stereocenters. The van der Waals surface area contributed by atoms with Crippen molar-refractivity contribution in [2.24, 2.45) is 11.3 Å². The lowest BCUT2D eigenvalue weighted by molar-refractivity contribution is -0.750. The number of ether oxygens (including phenoxy) is 3. The van der Waals surface area contributed by atoms with Gasteiger partial charge in [-0.3, -0.25) is 14.6 Å².